The van der Waals surface area contributed by atoms with E-state index in [2.05, 4.69) is 26.6 Å². The average molecular weight is 572 g/mol. The highest BCUT2D eigenvalue weighted by atomic mass is 79.9. The molecule has 0 heterocycles. The molecule has 0 fully saturated rings. The van der Waals surface area contributed by atoms with Gasteiger partial charge in [0, 0.05) is 21.4 Å². The minimum Gasteiger partial charge on any atom is -0.483 e. The number of nitriles is 1. The third kappa shape index (κ3) is 7.44. The second kappa shape index (κ2) is 11.8. The maximum absolute atomic E-state index is 13.0. The van der Waals surface area contributed by atoms with E-state index in [1.807, 2.05) is 26.0 Å². The molecule has 0 aliphatic rings. The van der Waals surface area contributed by atoms with Gasteiger partial charge >= 0.3 is 6.18 Å². The largest absolute Gasteiger partial charge is 0.483 e. The number of amides is 2. The summed E-state index contributed by atoms with van der Waals surface area (Å²) in [6.45, 7) is 3.48. The molecule has 0 radical (unpaired) electrons. The molecule has 0 saturated carbocycles. The number of halogens is 4. The number of nitrogens with one attached hydrogen (secondary N) is 2. The molecule has 190 valence electrons. The van der Waals surface area contributed by atoms with Crippen LogP contribution in [0.2, 0.25) is 0 Å². The van der Waals surface area contributed by atoms with Crippen LogP contribution in [0.5, 0.6) is 5.75 Å². The predicted octanol–water partition coefficient (Wildman–Crippen LogP) is 6.65. The minimum atomic E-state index is -4.58. The highest BCUT2D eigenvalue weighted by molar-refractivity contribution is 9.10. The Hall–Kier alpha value is -4.10. The quantitative estimate of drug-likeness (QED) is 0.245. The van der Waals surface area contributed by atoms with E-state index in [9.17, 15) is 28.0 Å². The van der Waals surface area contributed by atoms with E-state index >= 15 is 0 Å². The maximum Gasteiger partial charge on any atom is 0.416 e. The lowest BCUT2D eigenvalue weighted by Gasteiger charge is -2.13. The molecule has 3 aromatic carbocycles. The van der Waals surface area contributed by atoms with E-state index in [0.29, 0.717) is 15.7 Å². The van der Waals surface area contributed by atoms with Crippen LogP contribution in [0.25, 0.3) is 6.08 Å². The normalized spacial score (nSPS) is 11.4. The predicted molar refractivity (Wildman–Crippen MR) is 138 cm³/mol. The lowest BCUT2D eigenvalue weighted by atomic mass is 10.1. The Morgan fingerprint density at radius 1 is 1.05 bits per heavy atom. The van der Waals surface area contributed by atoms with Crippen LogP contribution in [0.3, 0.4) is 0 Å². The molecule has 10 heteroatoms. The number of hydrogen-bond acceptors (Lipinski definition) is 4. The van der Waals surface area contributed by atoms with Crippen molar-refractivity contribution < 1.29 is 27.5 Å². The summed E-state index contributed by atoms with van der Waals surface area (Å²) in [5, 5.41) is 14.6. The van der Waals surface area contributed by atoms with Gasteiger partial charge in [-0.2, -0.15) is 18.4 Å². The van der Waals surface area contributed by atoms with Crippen LogP contribution in [-0.4, -0.2) is 18.4 Å². The fourth-order valence-electron chi connectivity index (χ4n) is 3.26. The highest BCUT2D eigenvalue weighted by Crippen LogP contribution is 2.31. The van der Waals surface area contributed by atoms with Crippen LogP contribution in [0, 0.1) is 25.2 Å². The summed E-state index contributed by atoms with van der Waals surface area (Å²) >= 11 is 3.31. The monoisotopic (exact) mass is 571 g/mol. The van der Waals surface area contributed by atoms with Gasteiger partial charge in [-0.15, -0.1) is 0 Å². The first kappa shape index (κ1) is 27.5. The third-order valence-electron chi connectivity index (χ3n) is 5.32. The summed E-state index contributed by atoms with van der Waals surface area (Å²) < 4.78 is 45.2. The summed E-state index contributed by atoms with van der Waals surface area (Å²) in [6, 6.07) is 16.1. The third-order valence-corrected chi connectivity index (χ3v) is 5.82. The Kier molecular flexibility index (Phi) is 8.73. The van der Waals surface area contributed by atoms with Gasteiger partial charge in [-0.25, -0.2) is 0 Å². The van der Waals surface area contributed by atoms with Crippen LogP contribution < -0.4 is 15.4 Å². The van der Waals surface area contributed by atoms with Gasteiger partial charge in [0.2, 0.25) is 0 Å². The van der Waals surface area contributed by atoms with Crippen molar-refractivity contribution in [3.63, 3.8) is 0 Å². The Labute approximate surface area is 219 Å². The van der Waals surface area contributed by atoms with E-state index < -0.39 is 23.6 Å². The van der Waals surface area contributed by atoms with Crippen molar-refractivity contribution in [2.75, 3.05) is 17.2 Å². The summed E-state index contributed by atoms with van der Waals surface area (Å²) in [5.41, 5.74) is 1.48. The molecule has 3 aromatic rings. The molecule has 0 unspecified atom stereocenters. The van der Waals surface area contributed by atoms with Crippen molar-refractivity contribution in [3.05, 3.63) is 93.0 Å². The number of carbonyl (C=O) groups is 2. The molecular weight excluding hydrogens is 551 g/mol. The van der Waals surface area contributed by atoms with Crippen molar-refractivity contribution in [3.8, 4) is 11.8 Å². The van der Waals surface area contributed by atoms with Gasteiger partial charge in [0.25, 0.3) is 11.8 Å². The van der Waals surface area contributed by atoms with Crippen LogP contribution >= 0.6 is 15.9 Å². The van der Waals surface area contributed by atoms with Gasteiger partial charge in [0.1, 0.15) is 17.4 Å². The molecule has 3 rings (SSSR count). The number of hydrogen-bond donors (Lipinski definition) is 2. The van der Waals surface area contributed by atoms with Crippen molar-refractivity contribution in [1.29, 1.82) is 5.26 Å². The second-order valence-electron chi connectivity index (χ2n) is 7.97. The van der Waals surface area contributed by atoms with E-state index in [0.717, 1.165) is 29.3 Å². The van der Waals surface area contributed by atoms with Gasteiger partial charge in [0.15, 0.2) is 6.61 Å². The zero-order chi connectivity index (χ0) is 27.2. The molecule has 0 saturated heterocycles. The molecular formula is C27H21BrF3N3O3. The Morgan fingerprint density at radius 2 is 1.78 bits per heavy atom. The number of carbonyl (C=O) groups excluding carboxylic acids is 2. The van der Waals surface area contributed by atoms with Crippen molar-refractivity contribution in [2.24, 2.45) is 0 Å². The van der Waals surface area contributed by atoms with Crippen LogP contribution in [0.15, 0.2) is 70.7 Å². The molecule has 37 heavy (non-hydrogen) atoms. The molecule has 0 aliphatic heterocycles. The number of alkyl halides is 3. The van der Waals surface area contributed by atoms with Crippen LogP contribution in [-0.2, 0) is 15.8 Å². The smallest absolute Gasteiger partial charge is 0.416 e. The number of rotatable bonds is 7. The number of aryl methyl sites for hydroxylation is 1. The van der Waals surface area contributed by atoms with Gasteiger partial charge in [-0.3, -0.25) is 9.59 Å². The molecule has 2 N–H and O–H groups in total. The molecule has 0 aromatic heterocycles. The molecule has 0 bridgehead atoms. The minimum absolute atomic E-state index is 0.116. The molecule has 2 amide bonds. The number of ether oxygens (including phenoxy) is 1. The molecule has 0 aliphatic carbocycles. The fourth-order valence-corrected chi connectivity index (χ4v) is 3.63. The molecule has 0 spiro atoms. The van der Waals surface area contributed by atoms with Gasteiger partial charge in [0.05, 0.1) is 5.56 Å². The summed E-state index contributed by atoms with van der Waals surface area (Å²) in [5.74, 6) is -1.09. The zero-order valence-corrected chi connectivity index (χ0v) is 21.3. The average Bonchev–Trinajstić information content (AvgIpc) is 2.84. The summed E-state index contributed by atoms with van der Waals surface area (Å²) in [6.07, 6.45) is -3.35. The van der Waals surface area contributed by atoms with Gasteiger partial charge in [-0.05, 0) is 73.5 Å². The number of nitrogens with zero attached hydrogens (tertiary/aromatic N) is 1. The molecule has 0 atom stereocenters. The van der Waals surface area contributed by atoms with Crippen molar-refractivity contribution >= 4 is 45.2 Å². The summed E-state index contributed by atoms with van der Waals surface area (Å²) in [7, 11) is 0. The Bertz CT molecular complexity index is 1410. The van der Waals surface area contributed by atoms with E-state index in [-0.39, 0.29) is 23.6 Å². The first-order valence-corrected chi connectivity index (χ1v) is 11.7. The Morgan fingerprint density at radius 3 is 2.49 bits per heavy atom. The second-order valence-corrected chi connectivity index (χ2v) is 8.88. The highest BCUT2D eigenvalue weighted by Gasteiger charge is 2.30. The van der Waals surface area contributed by atoms with Crippen LogP contribution in [0.1, 0.15) is 22.3 Å². The van der Waals surface area contributed by atoms with Crippen molar-refractivity contribution in [2.45, 2.75) is 20.0 Å². The van der Waals surface area contributed by atoms with Crippen LogP contribution in [0.4, 0.5) is 24.5 Å². The zero-order valence-electron chi connectivity index (χ0n) is 19.7. The first-order chi connectivity index (χ1) is 17.5. The SMILES string of the molecule is Cc1cccc(NC(=O)COc2ccc(Br)cc2/C=C(\C#N)C(=O)Nc2cccc(C(F)(F)F)c2)c1C. The number of benzene rings is 3. The Balaban J connectivity index is 1.77. The molecule has 6 nitrogen and oxygen atoms in total. The lowest BCUT2D eigenvalue weighted by Crippen LogP contribution is -2.21. The lowest BCUT2D eigenvalue weighted by molar-refractivity contribution is -0.137. The van der Waals surface area contributed by atoms with Gasteiger partial charge < -0.3 is 15.4 Å². The van der Waals surface area contributed by atoms with E-state index in [4.69, 9.17) is 4.74 Å². The van der Waals surface area contributed by atoms with Gasteiger partial charge in [-0.1, -0.05) is 34.1 Å². The van der Waals surface area contributed by atoms with E-state index in [1.54, 1.807) is 30.3 Å². The number of anilines is 2. The van der Waals surface area contributed by atoms with E-state index in [1.165, 1.54) is 12.1 Å². The topological polar surface area (TPSA) is 91.2 Å². The first-order valence-electron chi connectivity index (χ1n) is 10.9. The van der Waals surface area contributed by atoms with Crippen molar-refractivity contribution in [1.82, 2.24) is 0 Å². The maximum atomic E-state index is 13.0. The summed E-state index contributed by atoms with van der Waals surface area (Å²) in [4.78, 5) is 25.1. The fraction of sp³-hybridized carbons (Fsp3) is 0.148. The standard InChI is InChI=1S/C27H21BrF3N3O3/c1-16-5-3-8-23(17(16)2)34-25(35)15-37-24-10-9-21(28)12-18(24)11-19(14-32)26(36)33-22-7-4-6-20(13-22)27(29,30)31/h3-13H,15H2,1-2H3,(H,33,36)(H,34,35)/b19-11+.